The molecule has 2 rings (SSSR count). The number of hydrogen-bond donors (Lipinski definition) is 1. The van der Waals surface area contributed by atoms with E-state index in [1.165, 1.54) is 11.3 Å². The lowest BCUT2D eigenvalue weighted by molar-refractivity contribution is 0.365. The lowest BCUT2D eigenvalue weighted by Gasteiger charge is -2.04. The van der Waals surface area contributed by atoms with Crippen molar-refractivity contribution in [2.75, 3.05) is 7.05 Å². The van der Waals surface area contributed by atoms with Gasteiger partial charge in [0.1, 0.15) is 0 Å². The molecule has 80 valence electrons. The summed E-state index contributed by atoms with van der Waals surface area (Å²) >= 11 is 1.50. The molecule has 0 aliphatic carbocycles. The van der Waals surface area contributed by atoms with Crippen molar-refractivity contribution in [1.29, 1.82) is 0 Å². The van der Waals surface area contributed by atoms with Gasteiger partial charge < -0.3 is 9.84 Å². The van der Waals surface area contributed by atoms with Crippen molar-refractivity contribution in [3.8, 4) is 10.7 Å². The molecule has 0 spiro atoms. The van der Waals surface area contributed by atoms with Crippen molar-refractivity contribution in [2.24, 2.45) is 0 Å². The Balaban J connectivity index is 2.11. The second-order valence-electron chi connectivity index (χ2n) is 3.27. The third-order valence-electron chi connectivity index (χ3n) is 2.09. The highest BCUT2D eigenvalue weighted by Crippen LogP contribution is 2.19. The molecule has 15 heavy (non-hydrogen) atoms. The molecular formula is C9H12N4OS. The summed E-state index contributed by atoms with van der Waals surface area (Å²) in [4.78, 5) is 9.20. The Morgan fingerprint density at radius 3 is 3.13 bits per heavy atom. The Hall–Kier alpha value is -1.27. The van der Waals surface area contributed by atoms with Crippen LogP contribution in [0.3, 0.4) is 0 Å². The molecule has 2 heterocycles. The maximum absolute atomic E-state index is 5.14. The van der Waals surface area contributed by atoms with Crippen LogP contribution in [0, 0.1) is 0 Å². The van der Waals surface area contributed by atoms with Crippen LogP contribution in [0.4, 0.5) is 0 Å². The topological polar surface area (TPSA) is 63.8 Å². The van der Waals surface area contributed by atoms with Crippen molar-refractivity contribution in [2.45, 2.75) is 19.4 Å². The highest BCUT2D eigenvalue weighted by atomic mass is 32.1. The predicted molar refractivity (Wildman–Crippen MR) is 57.6 cm³/mol. The molecule has 0 radical (unpaired) electrons. The molecule has 1 unspecified atom stereocenters. The predicted octanol–water partition coefficient (Wildman–Crippen LogP) is 1.34. The highest BCUT2D eigenvalue weighted by Gasteiger charge is 2.11. The first kappa shape index (κ1) is 10.3. The van der Waals surface area contributed by atoms with Gasteiger partial charge in [-0.1, -0.05) is 5.16 Å². The van der Waals surface area contributed by atoms with Crippen molar-refractivity contribution in [1.82, 2.24) is 20.4 Å². The fraction of sp³-hybridized carbons (Fsp3) is 0.444. The summed E-state index contributed by atoms with van der Waals surface area (Å²) in [5.74, 6) is 1.27. The summed E-state index contributed by atoms with van der Waals surface area (Å²) in [5, 5.41) is 7.02. The molecule has 0 aromatic carbocycles. The molecule has 0 aliphatic rings. The summed E-state index contributed by atoms with van der Waals surface area (Å²) in [6, 6.07) is 0.333. The number of hydrogen-bond acceptors (Lipinski definition) is 6. The largest absolute Gasteiger partial charge is 0.339 e. The van der Waals surface area contributed by atoms with Crippen LogP contribution >= 0.6 is 11.3 Å². The summed E-state index contributed by atoms with van der Waals surface area (Å²) in [6.07, 6.45) is 2.48. The van der Waals surface area contributed by atoms with Gasteiger partial charge in [0.05, 0.1) is 10.4 Å². The molecule has 0 aliphatic heterocycles. The van der Waals surface area contributed by atoms with Crippen molar-refractivity contribution in [3.63, 3.8) is 0 Å². The zero-order valence-electron chi connectivity index (χ0n) is 8.60. The van der Waals surface area contributed by atoms with E-state index in [1.807, 2.05) is 7.05 Å². The van der Waals surface area contributed by atoms with Crippen molar-refractivity contribution >= 4 is 11.3 Å². The summed E-state index contributed by atoms with van der Waals surface area (Å²) < 4.78 is 5.14. The molecule has 0 bridgehead atoms. The molecule has 1 atom stereocenters. The van der Waals surface area contributed by atoms with Gasteiger partial charge in [0.2, 0.25) is 11.7 Å². The van der Waals surface area contributed by atoms with Crippen LogP contribution in [-0.2, 0) is 6.42 Å². The third-order valence-corrected chi connectivity index (χ3v) is 2.86. The van der Waals surface area contributed by atoms with Crippen LogP contribution in [-0.4, -0.2) is 28.2 Å². The van der Waals surface area contributed by atoms with E-state index in [0.29, 0.717) is 17.8 Å². The van der Waals surface area contributed by atoms with E-state index >= 15 is 0 Å². The first-order valence-corrected chi connectivity index (χ1v) is 5.56. The monoisotopic (exact) mass is 224 g/mol. The fourth-order valence-electron chi connectivity index (χ4n) is 1.13. The van der Waals surface area contributed by atoms with E-state index in [9.17, 15) is 0 Å². The van der Waals surface area contributed by atoms with Gasteiger partial charge in [0.15, 0.2) is 0 Å². The first-order chi connectivity index (χ1) is 7.29. The molecule has 2 aromatic heterocycles. The summed E-state index contributed by atoms with van der Waals surface area (Å²) in [5.41, 5.74) is 1.75. The smallest absolute Gasteiger partial charge is 0.228 e. The number of likely N-dealkylation sites (N-methyl/N-ethyl adjacent to an activating group) is 1. The van der Waals surface area contributed by atoms with Crippen LogP contribution in [0.1, 0.15) is 12.8 Å². The van der Waals surface area contributed by atoms with E-state index in [2.05, 4.69) is 27.4 Å². The molecule has 5 nitrogen and oxygen atoms in total. The van der Waals surface area contributed by atoms with Gasteiger partial charge >= 0.3 is 0 Å². The van der Waals surface area contributed by atoms with Crippen molar-refractivity contribution in [3.05, 3.63) is 17.6 Å². The fourth-order valence-corrected chi connectivity index (χ4v) is 1.67. The van der Waals surface area contributed by atoms with Gasteiger partial charge in [-0.05, 0) is 14.0 Å². The molecule has 1 N–H and O–H groups in total. The van der Waals surface area contributed by atoms with Crippen LogP contribution < -0.4 is 5.32 Å². The zero-order valence-corrected chi connectivity index (χ0v) is 9.41. The lowest BCUT2D eigenvalue weighted by Crippen LogP contribution is -2.23. The minimum Gasteiger partial charge on any atom is -0.339 e. The van der Waals surface area contributed by atoms with E-state index in [-0.39, 0.29) is 0 Å². The molecule has 0 amide bonds. The Labute approximate surface area is 91.5 Å². The molecule has 0 fully saturated rings. The molecular weight excluding hydrogens is 212 g/mol. The third kappa shape index (κ3) is 2.40. The van der Waals surface area contributed by atoms with E-state index in [0.717, 1.165) is 11.3 Å². The molecule has 0 saturated carbocycles. The molecule has 6 heteroatoms. The van der Waals surface area contributed by atoms with Gasteiger partial charge in [-0.25, -0.2) is 0 Å². The average molecular weight is 224 g/mol. The SMILES string of the molecule is CNC(C)Cc1nc(-c2cncs2)no1. The second kappa shape index (κ2) is 4.50. The van der Waals surface area contributed by atoms with Crippen LogP contribution in [0.2, 0.25) is 0 Å². The minimum absolute atomic E-state index is 0.333. The Bertz CT molecular complexity index is 411. The quantitative estimate of drug-likeness (QED) is 0.849. The van der Waals surface area contributed by atoms with E-state index in [1.54, 1.807) is 11.7 Å². The first-order valence-electron chi connectivity index (χ1n) is 4.68. The second-order valence-corrected chi connectivity index (χ2v) is 4.16. The van der Waals surface area contributed by atoms with Crippen LogP contribution in [0.15, 0.2) is 16.2 Å². The van der Waals surface area contributed by atoms with Gasteiger partial charge in [-0.15, -0.1) is 11.3 Å². The van der Waals surface area contributed by atoms with Gasteiger partial charge in [-0.2, -0.15) is 4.98 Å². The molecule has 2 aromatic rings. The van der Waals surface area contributed by atoms with Crippen LogP contribution in [0.25, 0.3) is 10.7 Å². The van der Waals surface area contributed by atoms with E-state index in [4.69, 9.17) is 4.52 Å². The van der Waals surface area contributed by atoms with Gasteiger partial charge in [0, 0.05) is 18.7 Å². The lowest BCUT2D eigenvalue weighted by atomic mass is 10.2. The Morgan fingerprint density at radius 2 is 2.47 bits per heavy atom. The van der Waals surface area contributed by atoms with Gasteiger partial charge in [0.25, 0.3) is 0 Å². The number of rotatable bonds is 4. The van der Waals surface area contributed by atoms with Crippen LogP contribution in [0.5, 0.6) is 0 Å². The maximum atomic E-state index is 5.14. The standard InChI is InChI=1S/C9H12N4OS/c1-6(10-2)3-8-12-9(13-14-8)7-4-11-5-15-7/h4-6,10H,3H2,1-2H3. The summed E-state index contributed by atoms with van der Waals surface area (Å²) in [6.45, 7) is 2.07. The maximum Gasteiger partial charge on any atom is 0.228 e. The number of nitrogens with zero attached hydrogens (tertiary/aromatic N) is 3. The normalized spacial score (nSPS) is 12.9. The Morgan fingerprint density at radius 1 is 1.60 bits per heavy atom. The zero-order chi connectivity index (χ0) is 10.7. The van der Waals surface area contributed by atoms with Crippen molar-refractivity contribution < 1.29 is 4.52 Å². The number of nitrogens with one attached hydrogen (secondary N) is 1. The van der Waals surface area contributed by atoms with Gasteiger partial charge in [-0.3, -0.25) is 4.98 Å². The average Bonchev–Trinajstić information content (AvgIpc) is 2.85. The highest BCUT2D eigenvalue weighted by molar-refractivity contribution is 7.13. The Kier molecular flexibility index (Phi) is 3.08. The van der Waals surface area contributed by atoms with E-state index < -0.39 is 0 Å². The number of aromatic nitrogens is 3. The minimum atomic E-state index is 0.333. The summed E-state index contributed by atoms with van der Waals surface area (Å²) in [7, 11) is 1.91. The molecule has 0 saturated heterocycles. The number of thiazole rings is 1.